The minimum atomic E-state index is -0.938. The van der Waals surface area contributed by atoms with Gasteiger partial charge in [-0.2, -0.15) is 0 Å². The number of phenols is 1. The maximum absolute atomic E-state index is 15.2. The molecule has 0 aliphatic carbocycles. The largest absolute Gasteiger partial charge is 0.508 e. The van der Waals surface area contributed by atoms with Gasteiger partial charge in [0.1, 0.15) is 17.6 Å². The van der Waals surface area contributed by atoms with Crippen molar-refractivity contribution in [3.8, 4) is 5.75 Å². The molecule has 0 aromatic heterocycles. The molecule has 6 N–H and O–H groups in total. The Morgan fingerprint density at radius 3 is 2.14 bits per heavy atom. The van der Waals surface area contributed by atoms with Crippen LogP contribution in [-0.2, 0) is 14.4 Å². The van der Waals surface area contributed by atoms with Gasteiger partial charge in [-0.3, -0.25) is 29.0 Å². The van der Waals surface area contributed by atoms with Gasteiger partial charge < -0.3 is 36.6 Å². The molecule has 4 aliphatic rings. The van der Waals surface area contributed by atoms with Crippen LogP contribution in [0.1, 0.15) is 85.8 Å². The molecule has 13 nitrogen and oxygen atoms in total. The zero-order valence-electron chi connectivity index (χ0n) is 35.6. The van der Waals surface area contributed by atoms with Crippen LogP contribution >= 0.6 is 0 Å². The number of amides is 4. The summed E-state index contributed by atoms with van der Waals surface area (Å²) in [6, 6.07) is 7.26. The van der Waals surface area contributed by atoms with Gasteiger partial charge in [-0.05, 0) is 125 Å². The third-order valence-electron chi connectivity index (χ3n) is 11.6. The van der Waals surface area contributed by atoms with Crippen molar-refractivity contribution in [3.05, 3.63) is 94.3 Å². The molecule has 0 radical (unpaired) electrons. The van der Waals surface area contributed by atoms with Gasteiger partial charge in [-0.1, -0.05) is 26.5 Å². The summed E-state index contributed by atoms with van der Waals surface area (Å²) in [6.45, 7) is 20.2. The first-order valence-corrected chi connectivity index (χ1v) is 21.0. The number of benzene rings is 2. The molecule has 0 spiro atoms. The van der Waals surface area contributed by atoms with Crippen molar-refractivity contribution in [1.82, 2.24) is 24.9 Å². The Morgan fingerprint density at radius 2 is 1.54 bits per heavy atom. The number of rotatable bonds is 9. The van der Waals surface area contributed by atoms with E-state index in [0.717, 1.165) is 88.4 Å². The van der Waals surface area contributed by atoms with E-state index < -0.39 is 23.7 Å². The predicted molar refractivity (Wildman–Crippen MR) is 231 cm³/mol. The number of nitrogens with two attached hydrogens (primary N) is 2. The van der Waals surface area contributed by atoms with Gasteiger partial charge in [0.2, 0.25) is 12.3 Å². The van der Waals surface area contributed by atoms with Crippen molar-refractivity contribution in [2.75, 3.05) is 63.8 Å². The SMILES string of the molecule is C=C1CCC(N(C=O)C(=O)c2cc(N3CCN(CC4CCN(/C(N)=C/C=C(\N)C(=O)N5CCCCC5)CC4)CC3)c(F)cc2C)C(=O)N1.CC.Cc1ccc(O)cc1C. The van der Waals surface area contributed by atoms with Gasteiger partial charge in [0.15, 0.2) is 0 Å². The summed E-state index contributed by atoms with van der Waals surface area (Å²) < 4.78 is 15.2. The summed E-state index contributed by atoms with van der Waals surface area (Å²) in [7, 11) is 0. The second-order valence-electron chi connectivity index (χ2n) is 15.6. The van der Waals surface area contributed by atoms with E-state index in [1.165, 1.54) is 17.7 Å². The first kappa shape index (κ1) is 46.3. The lowest BCUT2D eigenvalue weighted by molar-refractivity contribution is -0.131. The molecule has 1 atom stereocenters. The van der Waals surface area contributed by atoms with Crippen LogP contribution in [0.5, 0.6) is 5.75 Å². The minimum Gasteiger partial charge on any atom is -0.508 e. The maximum Gasteiger partial charge on any atom is 0.269 e. The summed E-state index contributed by atoms with van der Waals surface area (Å²) in [4.78, 5) is 59.7. The van der Waals surface area contributed by atoms with Crippen LogP contribution in [0.2, 0.25) is 0 Å². The van der Waals surface area contributed by atoms with Gasteiger partial charge in [-0.15, -0.1) is 0 Å². The van der Waals surface area contributed by atoms with E-state index in [0.29, 0.717) is 66.8 Å². The van der Waals surface area contributed by atoms with Crippen LogP contribution in [0.25, 0.3) is 0 Å². The highest BCUT2D eigenvalue weighted by atomic mass is 19.1. The lowest BCUT2D eigenvalue weighted by Gasteiger charge is -2.40. The molecule has 322 valence electrons. The highest BCUT2D eigenvalue weighted by Crippen LogP contribution is 2.28. The van der Waals surface area contributed by atoms with Crippen LogP contribution < -0.4 is 21.7 Å². The number of halogens is 1. The number of anilines is 1. The lowest BCUT2D eigenvalue weighted by atomic mass is 9.96. The topological polar surface area (TPSA) is 169 Å². The molecule has 0 bridgehead atoms. The summed E-state index contributed by atoms with van der Waals surface area (Å²) >= 11 is 0. The molecule has 4 saturated heterocycles. The molecule has 6 rings (SSSR count). The number of imide groups is 1. The number of hydrogen-bond acceptors (Lipinski definition) is 10. The molecule has 4 fully saturated rings. The van der Waals surface area contributed by atoms with Crippen molar-refractivity contribution in [2.24, 2.45) is 17.4 Å². The van der Waals surface area contributed by atoms with Crippen molar-refractivity contribution in [1.29, 1.82) is 0 Å². The maximum atomic E-state index is 15.2. The number of likely N-dealkylation sites (tertiary alicyclic amines) is 2. The number of aryl methyl sites for hydroxylation is 3. The molecule has 4 amide bonds. The van der Waals surface area contributed by atoms with Gasteiger partial charge in [0, 0.05) is 70.2 Å². The molecule has 59 heavy (non-hydrogen) atoms. The molecule has 4 aliphatic heterocycles. The fraction of sp³-hybridized carbons (Fsp3) is 0.511. The van der Waals surface area contributed by atoms with E-state index in [4.69, 9.17) is 16.6 Å². The Bertz CT molecular complexity index is 1860. The fourth-order valence-corrected chi connectivity index (χ4v) is 7.83. The normalized spacial score (nSPS) is 19.5. The highest BCUT2D eigenvalue weighted by molar-refractivity contribution is 6.05. The van der Waals surface area contributed by atoms with E-state index in [1.807, 2.05) is 43.6 Å². The number of carbonyl (C=O) groups excluding carboxylic acids is 4. The zero-order valence-corrected chi connectivity index (χ0v) is 35.6. The van der Waals surface area contributed by atoms with E-state index >= 15 is 4.39 Å². The third kappa shape index (κ3) is 12.6. The van der Waals surface area contributed by atoms with Crippen LogP contribution in [0.15, 0.2) is 66.3 Å². The van der Waals surface area contributed by atoms with E-state index in [9.17, 15) is 19.2 Å². The number of aromatic hydroxyl groups is 1. The van der Waals surface area contributed by atoms with Crippen molar-refractivity contribution in [2.45, 2.75) is 85.6 Å². The lowest BCUT2D eigenvalue weighted by Crippen LogP contribution is -2.51. The third-order valence-corrected chi connectivity index (χ3v) is 11.6. The first-order valence-electron chi connectivity index (χ1n) is 21.0. The minimum absolute atomic E-state index is 0.126. The number of hydrogen-bond donors (Lipinski definition) is 4. The van der Waals surface area contributed by atoms with E-state index in [1.54, 1.807) is 31.2 Å². The number of carbonyl (C=O) groups is 4. The molecule has 0 saturated carbocycles. The van der Waals surface area contributed by atoms with E-state index in [2.05, 4.69) is 21.7 Å². The number of phenolic OH excluding ortho intramolecular Hbond substituents is 1. The number of piperidine rings is 3. The molecule has 14 heteroatoms. The quantitative estimate of drug-likeness (QED) is 0.153. The molecule has 4 heterocycles. The second-order valence-corrected chi connectivity index (χ2v) is 15.6. The molecule has 1 unspecified atom stereocenters. The Morgan fingerprint density at radius 1 is 0.881 bits per heavy atom. The zero-order chi connectivity index (χ0) is 43.2. The number of piperazine rings is 1. The first-order chi connectivity index (χ1) is 28.2. The van der Waals surface area contributed by atoms with Gasteiger partial charge in [-0.25, -0.2) is 4.39 Å². The summed E-state index contributed by atoms with van der Waals surface area (Å²) in [5.41, 5.74) is 16.5. The van der Waals surface area contributed by atoms with Crippen LogP contribution in [0.4, 0.5) is 10.1 Å². The van der Waals surface area contributed by atoms with Crippen LogP contribution in [0, 0.1) is 32.5 Å². The summed E-state index contributed by atoms with van der Waals surface area (Å²) in [5, 5.41) is 11.5. The van der Waals surface area contributed by atoms with Gasteiger partial charge in [0.25, 0.3) is 11.8 Å². The average molecular weight is 817 g/mol. The molecule has 2 aromatic rings. The van der Waals surface area contributed by atoms with Crippen molar-refractivity contribution in [3.63, 3.8) is 0 Å². The van der Waals surface area contributed by atoms with Crippen molar-refractivity contribution >= 4 is 29.8 Å². The number of nitrogens with one attached hydrogen (secondary N) is 1. The van der Waals surface area contributed by atoms with Crippen LogP contribution in [-0.4, -0.2) is 114 Å². The highest BCUT2D eigenvalue weighted by Gasteiger charge is 2.35. The Kier molecular flexibility index (Phi) is 17.4. The van der Waals surface area contributed by atoms with E-state index in [-0.39, 0.29) is 17.2 Å². The predicted octanol–water partition coefficient (Wildman–Crippen LogP) is 5.05. The Balaban J connectivity index is 0.000000611. The summed E-state index contributed by atoms with van der Waals surface area (Å²) in [5.74, 6) is -0.164. The molecular formula is C45H65FN8O5. The fourth-order valence-electron chi connectivity index (χ4n) is 7.83. The van der Waals surface area contributed by atoms with Crippen LogP contribution in [0.3, 0.4) is 0 Å². The monoisotopic (exact) mass is 817 g/mol. The Labute approximate surface area is 349 Å². The smallest absolute Gasteiger partial charge is 0.269 e. The number of allylic oxidation sites excluding steroid dienone is 3. The van der Waals surface area contributed by atoms with Gasteiger partial charge >= 0.3 is 0 Å². The Hall–Kier alpha value is -5.37. The molecular weight excluding hydrogens is 752 g/mol. The number of nitrogens with zero attached hydrogens (tertiary/aromatic N) is 5. The summed E-state index contributed by atoms with van der Waals surface area (Å²) in [6.07, 6.45) is 9.64. The van der Waals surface area contributed by atoms with Crippen molar-refractivity contribution < 1.29 is 28.7 Å². The second kappa shape index (κ2) is 22.1. The average Bonchev–Trinajstić information content (AvgIpc) is 3.24. The standard InChI is InChI=1S/C35H49FN8O4.C8H10O.C2H6/c1-24-20-28(36)31(21-27(24)34(47)44(23-45)30-8-6-25(2)39-33(30)46)41-18-16-40(17-19-41)22-26-10-14-42(15-11-26)32(38)9-7-29(37)35(48)43-12-4-3-5-13-43;1-6-3-4-8(9)5-7(6)2;1-2/h7,9,20-21,23,26,30H,2-6,8,10-19,22,37-38H2,1H3,(H,39,46);3-5,9H,1-2H3;1-2H3/b29-7-,32-9+;;. The molecule has 2 aromatic carbocycles. The van der Waals surface area contributed by atoms with Gasteiger partial charge in [0.05, 0.1) is 17.2 Å².